The number of hydrogen-bond donors (Lipinski definition) is 2. The molecule has 0 spiro atoms. The number of aryl methyl sites for hydroxylation is 5. The highest BCUT2D eigenvalue weighted by Gasteiger charge is 2.41. The molecule has 0 bridgehead atoms. The minimum atomic E-state index is -0.133. The Morgan fingerprint density at radius 2 is 0.786 bits per heavy atom. The number of aromatic nitrogens is 18. The maximum atomic E-state index is 13.0. The molecule has 26 heteroatoms. The van der Waals surface area contributed by atoms with Gasteiger partial charge >= 0.3 is 0 Å². The molecule has 1 unspecified atom stereocenters. The van der Waals surface area contributed by atoms with E-state index in [2.05, 4.69) is 199 Å². The van der Waals surface area contributed by atoms with Crippen LogP contribution in [0.15, 0.2) is 256 Å². The van der Waals surface area contributed by atoms with Crippen molar-refractivity contribution >= 4 is 67.8 Å². The second-order valence-corrected chi connectivity index (χ2v) is 34.8. The summed E-state index contributed by atoms with van der Waals surface area (Å²) in [6.07, 6.45) is 31.5. The van der Waals surface area contributed by atoms with E-state index in [-0.39, 0.29) is 29.2 Å². The predicted octanol–water partition coefficient (Wildman–Crippen LogP) is 16.0. The lowest BCUT2D eigenvalue weighted by molar-refractivity contribution is -0.134. The van der Waals surface area contributed by atoms with Gasteiger partial charge in [-0.05, 0) is 197 Å². The lowest BCUT2D eigenvalue weighted by atomic mass is 9.96. The standard InChI is InChI=1S/C26H29N5O.C25H28N6O.C25H27N5O.C24H26N6O/c1-29-19-22(17-27-29)23-8-9-25-24(28-23)13-16-31(25)18-21-11-14-30(15-12-21)26(32)10-7-20-5-3-2-4-6-20;1-29-18-23(27-28-29)21-8-9-24-22(26-21)13-16-31(24)17-20-11-14-30(15-12-20)25(32)10-7-19-5-3-2-4-6-19;1-25(2)13-19(17-30(25)24(31)12-18-6-4-3-5-7-18)16-29-11-10-22-23(29)9-8-21(28-22)20-14-26-27-15-20;31-24(9-6-18-4-2-1-3-5-18)29-13-10-19(11-14-29)17-30-15-12-21-23(30)8-7-20(26-21)22-16-25-28-27-22/h2-6,8-9,13,16-17,19,21H,7,10-12,14-15,18H2,1H3;2-6,8-9,13,16,18,20H,7,10-12,14-15,17H2,1H3;3-11,14-15,19H,12-13,16-17H2,1-2H3,(H,26,27);1-5,7-8,12,15-16,19H,6,9-11,13-14,17H2,(H,25,27,28). The number of rotatable bonds is 23. The summed E-state index contributed by atoms with van der Waals surface area (Å²) >= 11 is 0. The van der Waals surface area contributed by atoms with Crippen molar-refractivity contribution in [2.24, 2.45) is 37.8 Å². The van der Waals surface area contributed by atoms with Crippen molar-refractivity contribution in [1.82, 2.24) is 108 Å². The molecule has 4 aliphatic heterocycles. The van der Waals surface area contributed by atoms with E-state index >= 15 is 0 Å². The molecule has 4 saturated heterocycles. The molecule has 126 heavy (non-hydrogen) atoms. The van der Waals surface area contributed by atoms with Crippen LogP contribution < -0.4 is 0 Å². The van der Waals surface area contributed by atoms with Gasteiger partial charge in [-0.1, -0.05) is 127 Å². The number of likely N-dealkylation sites (tertiary alicyclic amines) is 4. The molecular weight excluding hydrogens is 1570 g/mol. The molecule has 4 amide bonds. The lowest BCUT2D eigenvalue weighted by Crippen LogP contribution is -2.43. The first-order valence-corrected chi connectivity index (χ1v) is 44.4. The second kappa shape index (κ2) is 39.4. The molecule has 16 aromatic rings. The first kappa shape index (κ1) is 84.4. The third-order valence-electron chi connectivity index (χ3n) is 25.4. The van der Waals surface area contributed by atoms with Crippen molar-refractivity contribution in [3.8, 4) is 45.3 Å². The molecule has 644 valence electrons. The number of H-pyrrole nitrogens is 2. The van der Waals surface area contributed by atoms with Gasteiger partial charge in [0.2, 0.25) is 23.6 Å². The number of aromatic amines is 2. The number of nitrogens with one attached hydrogen (secondary N) is 2. The van der Waals surface area contributed by atoms with Crippen LogP contribution in [0.2, 0.25) is 0 Å². The molecule has 2 N–H and O–H groups in total. The monoisotopic (exact) mass is 1680 g/mol. The molecule has 4 aliphatic rings. The van der Waals surface area contributed by atoms with E-state index in [1.54, 1.807) is 21.8 Å². The predicted molar refractivity (Wildman–Crippen MR) is 490 cm³/mol. The van der Waals surface area contributed by atoms with Crippen molar-refractivity contribution in [2.75, 3.05) is 45.8 Å². The van der Waals surface area contributed by atoms with E-state index < -0.39 is 0 Å². The van der Waals surface area contributed by atoms with Crippen molar-refractivity contribution in [1.29, 1.82) is 0 Å². The zero-order chi connectivity index (χ0) is 86.3. The quantitative estimate of drug-likeness (QED) is 0.0603. The van der Waals surface area contributed by atoms with Gasteiger partial charge in [0.1, 0.15) is 11.4 Å². The van der Waals surface area contributed by atoms with Crippen molar-refractivity contribution in [2.45, 2.75) is 135 Å². The van der Waals surface area contributed by atoms with Crippen molar-refractivity contribution in [3.05, 3.63) is 278 Å². The highest BCUT2D eigenvalue weighted by Crippen LogP contribution is 2.36. The molecule has 4 fully saturated rings. The normalized spacial score (nSPS) is 15.6. The third-order valence-corrected chi connectivity index (χ3v) is 25.4. The zero-order valence-electron chi connectivity index (χ0n) is 72.3. The van der Waals surface area contributed by atoms with E-state index in [0.717, 1.165) is 226 Å². The molecule has 16 heterocycles. The van der Waals surface area contributed by atoms with Gasteiger partial charge in [-0.25, -0.2) is 19.9 Å². The van der Waals surface area contributed by atoms with Crippen LogP contribution in [0.5, 0.6) is 0 Å². The molecule has 4 aromatic carbocycles. The molecular formula is C100H110N22O4. The number of carbonyl (C=O) groups excluding carboxylic acids is 4. The van der Waals surface area contributed by atoms with Crippen molar-refractivity contribution < 1.29 is 19.2 Å². The zero-order valence-corrected chi connectivity index (χ0v) is 72.3. The summed E-state index contributed by atoms with van der Waals surface area (Å²) in [5.74, 6) is 3.19. The SMILES string of the molecule is CC1(C)CC(Cn2ccc3nc(-c4cn[nH]c4)ccc32)CN1C(=O)Cc1ccccc1.Cn1cc(-c2ccc3c(ccn3CC3CCN(C(=O)CCc4ccccc4)CC3)n2)cn1.Cn1cc(-c2ccc3c(ccn3CC3CCN(C(=O)CCc4ccccc4)CC3)n2)nn1.O=C(CCc1ccccc1)N1CCC(Cn2ccc3nc(-c4cn[nH]n4)ccc32)CC1. The fourth-order valence-electron chi connectivity index (χ4n) is 18.5. The smallest absolute Gasteiger partial charge is 0.227 e. The number of piperidine rings is 3. The highest BCUT2D eigenvalue weighted by atomic mass is 16.2. The summed E-state index contributed by atoms with van der Waals surface area (Å²) < 4.78 is 12.6. The molecule has 1 atom stereocenters. The number of carbonyl (C=O) groups is 4. The minimum Gasteiger partial charge on any atom is -0.346 e. The average molecular weight is 1680 g/mol. The van der Waals surface area contributed by atoms with Crippen LogP contribution in [0.25, 0.3) is 89.4 Å². The van der Waals surface area contributed by atoms with E-state index in [9.17, 15) is 19.2 Å². The van der Waals surface area contributed by atoms with Gasteiger partial charge in [-0.2, -0.15) is 25.6 Å². The fraction of sp³-hybridized carbons (Fsp3) is 0.340. The number of nitrogens with zero attached hydrogens (tertiary/aromatic N) is 20. The van der Waals surface area contributed by atoms with Gasteiger partial charge in [0.25, 0.3) is 0 Å². The van der Waals surface area contributed by atoms with E-state index in [1.165, 1.54) is 22.2 Å². The third kappa shape index (κ3) is 21.0. The van der Waals surface area contributed by atoms with Gasteiger partial charge in [-0.3, -0.25) is 33.6 Å². The topological polar surface area (TPSA) is 271 Å². The van der Waals surface area contributed by atoms with Crippen molar-refractivity contribution in [3.63, 3.8) is 0 Å². The molecule has 26 nitrogen and oxygen atoms in total. The van der Waals surface area contributed by atoms with Crippen LogP contribution in [0.1, 0.15) is 100 Å². The molecule has 12 aromatic heterocycles. The Labute approximate surface area is 733 Å². The Morgan fingerprint density at radius 3 is 1.17 bits per heavy atom. The molecule has 0 saturated carbocycles. The summed E-state index contributed by atoms with van der Waals surface area (Å²) in [5.41, 5.74) is 20.2. The highest BCUT2D eigenvalue weighted by molar-refractivity contribution is 5.84. The Hall–Kier alpha value is -13.8. The summed E-state index contributed by atoms with van der Waals surface area (Å²) in [7, 11) is 3.77. The van der Waals surface area contributed by atoms with Crippen LogP contribution in [0.3, 0.4) is 0 Å². The molecule has 0 radical (unpaired) electrons. The van der Waals surface area contributed by atoms with Crippen LogP contribution >= 0.6 is 0 Å². The maximum absolute atomic E-state index is 13.0. The van der Waals surface area contributed by atoms with E-state index in [4.69, 9.17) is 19.9 Å². The Balaban J connectivity index is 0.000000119. The maximum Gasteiger partial charge on any atom is 0.227 e. The van der Waals surface area contributed by atoms with Crippen LogP contribution in [0, 0.1) is 23.7 Å². The van der Waals surface area contributed by atoms with Gasteiger partial charge in [0.15, 0.2) is 0 Å². The number of pyridine rings is 4. The largest absolute Gasteiger partial charge is 0.346 e. The summed E-state index contributed by atoms with van der Waals surface area (Å²) in [6.45, 7) is 14.1. The first-order valence-electron chi connectivity index (χ1n) is 44.4. The summed E-state index contributed by atoms with van der Waals surface area (Å²) in [6, 6.07) is 65.7. The molecule has 20 rings (SSSR count). The lowest BCUT2D eigenvalue weighted by Gasteiger charge is -2.32. The Bertz CT molecular complexity index is 6070. The summed E-state index contributed by atoms with van der Waals surface area (Å²) in [5, 5.41) is 29.8. The van der Waals surface area contributed by atoms with E-state index in [1.807, 2.05) is 152 Å². The van der Waals surface area contributed by atoms with Crippen LogP contribution in [0.4, 0.5) is 0 Å². The van der Waals surface area contributed by atoms with E-state index in [0.29, 0.717) is 49.4 Å². The Morgan fingerprint density at radius 1 is 0.389 bits per heavy atom. The summed E-state index contributed by atoms with van der Waals surface area (Å²) in [4.78, 5) is 78.2. The number of amides is 4. The number of hydrogen-bond acceptors (Lipinski definition) is 14. The van der Waals surface area contributed by atoms with Crippen LogP contribution in [-0.4, -0.2) is 183 Å². The minimum absolute atomic E-state index is 0.133. The Kier molecular flexibility index (Phi) is 26.4. The van der Waals surface area contributed by atoms with Gasteiger partial charge < -0.3 is 37.9 Å². The second-order valence-electron chi connectivity index (χ2n) is 34.8. The van der Waals surface area contributed by atoms with Crippen LogP contribution in [-0.2, 0) is 85.1 Å². The number of fused-ring (bicyclic) bond motifs is 4. The fourth-order valence-corrected chi connectivity index (χ4v) is 18.5. The van der Waals surface area contributed by atoms with Gasteiger partial charge in [0.05, 0.1) is 98.1 Å². The molecule has 0 aliphatic carbocycles. The first-order chi connectivity index (χ1) is 61.6. The van der Waals surface area contributed by atoms with Gasteiger partial charge in [-0.15, -0.1) is 5.10 Å². The average Bonchev–Trinajstić information content (AvgIpc) is 1.64. The van der Waals surface area contributed by atoms with Gasteiger partial charge in [0, 0.05) is 159 Å². The number of benzene rings is 4.